The van der Waals surface area contributed by atoms with Crippen LogP contribution in [0.3, 0.4) is 0 Å². The van der Waals surface area contributed by atoms with Crippen LogP contribution in [0, 0.1) is 0 Å². The van der Waals surface area contributed by atoms with Gasteiger partial charge in [-0.1, -0.05) is 62.9 Å². The number of hydrogen-bond acceptors (Lipinski definition) is 3. The number of alkyl halides is 4. The van der Waals surface area contributed by atoms with Gasteiger partial charge in [-0.05, 0) is 52.1 Å². The highest BCUT2D eigenvalue weighted by Gasteiger charge is 2.32. The number of halogens is 4. The van der Waals surface area contributed by atoms with Gasteiger partial charge in [-0.3, -0.25) is 9.98 Å². The highest BCUT2D eigenvalue weighted by atomic mass is 35.5. The molecule has 0 saturated heterocycles. The summed E-state index contributed by atoms with van der Waals surface area (Å²) in [6, 6.07) is 9.64. The lowest BCUT2D eigenvalue weighted by molar-refractivity contribution is -0.0935. The molecule has 1 aromatic rings. The molecule has 0 aromatic heterocycles. The third kappa shape index (κ3) is 12.1. The Labute approximate surface area is 200 Å². The largest absolute Gasteiger partial charge is 0.412 e. The Hall–Kier alpha value is -2.05. The maximum atomic E-state index is 13.1. The van der Waals surface area contributed by atoms with Gasteiger partial charge in [-0.15, -0.1) is 11.6 Å². The lowest BCUT2D eigenvalue weighted by Crippen LogP contribution is -2.11. The molecular formula is C25H34ClF3N2S. The van der Waals surface area contributed by atoms with E-state index >= 15 is 0 Å². The summed E-state index contributed by atoms with van der Waals surface area (Å²) in [5.41, 5.74) is 1.45. The summed E-state index contributed by atoms with van der Waals surface area (Å²) in [5, 5.41) is 0. The van der Waals surface area contributed by atoms with Crippen LogP contribution >= 0.6 is 23.4 Å². The Morgan fingerprint density at radius 1 is 1.09 bits per heavy atom. The molecule has 0 atom stereocenters. The molecule has 0 radical (unpaired) electrons. The van der Waals surface area contributed by atoms with Crippen molar-refractivity contribution >= 4 is 35.8 Å². The molecule has 32 heavy (non-hydrogen) atoms. The van der Waals surface area contributed by atoms with Crippen molar-refractivity contribution in [3.8, 4) is 0 Å². The molecule has 0 bridgehead atoms. The molecule has 0 fully saturated rings. The Morgan fingerprint density at radius 2 is 1.62 bits per heavy atom. The molecule has 178 valence electrons. The molecule has 0 aliphatic rings. The van der Waals surface area contributed by atoms with Gasteiger partial charge in [0.2, 0.25) is 0 Å². The van der Waals surface area contributed by atoms with Crippen molar-refractivity contribution < 1.29 is 13.2 Å². The van der Waals surface area contributed by atoms with Gasteiger partial charge < -0.3 is 0 Å². The first-order chi connectivity index (χ1) is 15.1. The van der Waals surface area contributed by atoms with E-state index in [2.05, 4.69) is 34.9 Å². The van der Waals surface area contributed by atoms with E-state index in [1.54, 1.807) is 27.0 Å². The minimum atomic E-state index is -4.38. The van der Waals surface area contributed by atoms with E-state index in [0.717, 1.165) is 15.9 Å². The molecule has 0 saturated carbocycles. The quantitative estimate of drug-likeness (QED) is 0.155. The number of nitrogens with zero attached hydrogens (tertiary/aromatic N) is 2. The predicted molar refractivity (Wildman–Crippen MR) is 138 cm³/mol. The van der Waals surface area contributed by atoms with Crippen LogP contribution in [-0.4, -0.2) is 25.0 Å². The molecule has 0 N–H and O–H groups in total. The number of rotatable bonds is 8. The first-order valence-corrected chi connectivity index (χ1v) is 11.6. The van der Waals surface area contributed by atoms with Crippen molar-refractivity contribution in [1.82, 2.24) is 0 Å². The minimum absolute atomic E-state index is 0.120. The summed E-state index contributed by atoms with van der Waals surface area (Å²) in [4.78, 5) is 9.96. The van der Waals surface area contributed by atoms with Gasteiger partial charge in [-0.2, -0.15) is 13.2 Å². The number of allylic oxidation sites excluding steroid dienone is 4. The predicted octanol–water partition coefficient (Wildman–Crippen LogP) is 9.41. The Balaban J connectivity index is 0. The van der Waals surface area contributed by atoms with E-state index in [0.29, 0.717) is 16.9 Å². The fraction of sp³-hybridized carbons (Fsp3) is 0.360. The van der Waals surface area contributed by atoms with Gasteiger partial charge in [0.05, 0.1) is 5.70 Å². The minimum Gasteiger partial charge on any atom is -0.271 e. The molecule has 2 nitrogen and oxygen atoms in total. The van der Waals surface area contributed by atoms with E-state index in [-0.39, 0.29) is 12.1 Å². The summed E-state index contributed by atoms with van der Waals surface area (Å²) in [6.45, 7) is 18.2. The molecule has 1 aromatic carbocycles. The van der Waals surface area contributed by atoms with Crippen molar-refractivity contribution in [3.63, 3.8) is 0 Å². The van der Waals surface area contributed by atoms with Crippen LogP contribution in [-0.2, 0) is 0 Å². The Kier molecular flexibility index (Phi) is 17.6. The highest BCUT2D eigenvalue weighted by molar-refractivity contribution is 8.03. The van der Waals surface area contributed by atoms with Gasteiger partial charge in [-0.25, -0.2) is 0 Å². The zero-order chi connectivity index (χ0) is 25.3. The Bertz CT molecular complexity index is 832. The third-order valence-corrected chi connectivity index (χ3v) is 4.85. The second-order valence-electron chi connectivity index (χ2n) is 6.17. The van der Waals surface area contributed by atoms with Crippen LogP contribution in [0.15, 0.2) is 91.4 Å². The molecule has 0 amide bonds. The SMILES string of the molecule is C=N/C=C(/Sc1ccccc1)C(=C)C(C)=NC(/C=C(\CC)C(F)(F)F)=C(C)C.CC.CCl. The topological polar surface area (TPSA) is 24.7 Å². The van der Waals surface area contributed by atoms with Crippen LogP contribution in [0.4, 0.5) is 13.2 Å². The molecule has 0 aliphatic carbocycles. The highest BCUT2D eigenvalue weighted by Crippen LogP contribution is 2.33. The van der Waals surface area contributed by atoms with Crippen molar-refractivity contribution in [2.75, 3.05) is 6.38 Å². The second-order valence-corrected chi connectivity index (χ2v) is 7.29. The zero-order valence-corrected chi connectivity index (χ0v) is 21.5. The third-order valence-electron chi connectivity index (χ3n) is 3.77. The van der Waals surface area contributed by atoms with Crippen LogP contribution in [0.25, 0.3) is 0 Å². The van der Waals surface area contributed by atoms with Gasteiger partial charge in [0.25, 0.3) is 0 Å². The molecule has 0 heterocycles. The lowest BCUT2D eigenvalue weighted by atomic mass is 10.1. The number of thioether (sulfide) groups is 1. The van der Waals surface area contributed by atoms with Crippen molar-refractivity contribution in [1.29, 1.82) is 0 Å². The van der Waals surface area contributed by atoms with Crippen LogP contribution in [0.1, 0.15) is 48.0 Å². The summed E-state index contributed by atoms with van der Waals surface area (Å²) >= 11 is 6.08. The summed E-state index contributed by atoms with van der Waals surface area (Å²) < 4.78 is 39.4. The van der Waals surface area contributed by atoms with E-state index in [9.17, 15) is 13.2 Å². The first-order valence-electron chi connectivity index (χ1n) is 10.1. The fourth-order valence-electron chi connectivity index (χ4n) is 2.13. The lowest BCUT2D eigenvalue weighted by Gasteiger charge is -2.13. The second kappa shape index (κ2) is 17.5. The normalized spacial score (nSPS) is 12.0. The summed E-state index contributed by atoms with van der Waals surface area (Å²) in [6.07, 6.45) is -0.349. The van der Waals surface area contributed by atoms with E-state index < -0.39 is 11.7 Å². The maximum Gasteiger partial charge on any atom is 0.412 e. The molecule has 0 spiro atoms. The zero-order valence-electron chi connectivity index (χ0n) is 20.0. The van der Waals surface area contributed by atoms with Crippen LogP contribution < -0.4 is 0 Å². The first kappa shape index (κ1) is 32.1. The fourth-order valence-corrected chi connectivity index (χ4v) is 3.07. The standard InChI is InChI=1S/C22H25F3N2S.C2H6.CH3Cl/c1-7-18(22(23,24)25)13-20(15(2)3)27-17(5)16(4)21(14-26-6)28-19-11-9-8-10-12-19;2*1-2/h8-14H,4,6-7H2,1-3,5H3;1-2H3;1H3/b18-13+,21-14+,27-17?;;. The average molecular weight is 487 g/mol. The van der Waals surface area contributed by atoms with Crippen molar-refractivity contribution in [2.45, 2.75) is 59.0 Å². The van der Waals surface area contributed by atoms with E-state index in [4.69, 9.17) is 0 Å². The summed E-state index contributed by atoms with van der Waals surface area (Å²) in [7, 11) is 0. The van der Waals surface area contributed by atoms with Crippen LogP contribution in [0.2, 0.25) is 0 Å². The van der Waals surface area contributed by atoms with Gasteiger partial charge in [0, 0.05) is 39.2 Å². The molecule has 1 rings (SSSR count). The number of hydrogen-bond donors (Lipinski definition) is 0. The molecule has 7 heteroatoms. The van der Waals surface area contributed by atoms with Gasteiger partial charge >= 0.3 is 6.18 Å². The maximum absolute atomic E-state index is 13.1. The van der Waals surface area contributed by atoms with Crippen LogP contribution in [0.5, 0.6) is 0 Å². The molecule has 0 aliphatic heterocycles. The smallest absolute Gasteiger partial charge is 0.271 e. The Morgan fingerprint density at radius 3 is 2.03 bits per heavy atom. The summed E-state index contributed by atoms with van der Waals surface area (Å²) in [5.74, 6) is 0. The molecule has 0 unspecified atom stereocenters. The number of aliphatic imine (C=N–C) groups is 2. The van der Waals surface area contributed by atoms with Crippen molar-refractivity contribution in [3.05, 3.63) is 76.5 Å². The van der Waals surface area contributed by atoms with Gasteiger partial charge in [0.1, 0.15) is 0 Å². The monoisotopic (exact) mass is 486 g/mol. The van der Waals surface area contributed by atoms with E-state index in [1.165, 1.54) is 25.1 Å². The van der Waals surface area contributed by atoms with E-state index in [1.807, 2.05) is 44.2 Å². The van der Waals surface area contributed by atoms with Gasteiger partial charge in [0.15, 0.2) is 0 Å². The average Bonchev–Trinajstić information content (AvgIpc) is 2.78. The molecular weight excluding hydrogens is 453 g/mol. The number of benzene rings is 1. The van der Waals surface area contributed by atoms with Crippen molar-refractivity contribution in [2.24, 2.45) is 9.98 Å².